The molecule has 0 amide bonds. The predicted octanol–water partition coefficient (Wildman–Crippen LogP) is 3.78. The lowest BCUT2D eigenvalue weighted by molar-refractivity contribution is -0.458. The van der Waals surface area contributed by atoms with Crippen LogP contribution in [0, 0.1) is 24.0 Å². The molecular weight excluding hydrogens is 440 g/mol. The van der Waals surface area contributed by atoms with Gasteiger partial charge in [0.05, 0.1) is 9.79 Å². The first-order chi connectivity index (χ1) is 14.5. The standard InChI is InChI=1S/C21H20N2O6S2/c1-15-12-19(13-16(2)21(15)30(26,27)14-23(24)25)22-31(28,29)20-10-8-18(9-11-20)17-6-4-3-5-7-17/h3-13,22H,14H2,1-2H3. The number of hydrogen-bond donors (Lipinski definition) is 1. The largest absolute Gasteiger partial charge is 0.305 e. The van der Waals surface area contributed by atoms with Crippen molar-refractivity contribution in [1.29, 1.82) is 0 Å². The monoisotopic (exact) mass is 460 g/mol. The molecule has 162 valence electrons. The number of sulfonamides is 1. The van der Waals surface area contributed by atoms with E-state index in [1.54, 1.807) is 12.1 Å². The van der Waals surface area contributed by atoms with Crippen LogP contribution in [-0.4, -0.2) is 27.6 Å². The van der Waals surface area contributed by atoms with Gasteiger partial charge in [-0.15, -0.1) is 0 Å². The van der Waals surface area contributed by atoms with E-state index < -0.39 is 30.7 Å². The minimum Gasteiger partial charge on any atom is -0.280 e. The van der Waals surface area contributed by atoms with E-state index in [1.807, 2.05) is 30.3 Å². The number of nitrogens with one attached hydrogen (secondary N) is 1. The molecule has 0 unspecified atom stereocenters. The third-order valence-corrected chi connectivity index (χ3v) is 7.78. The molecule has 10 heteroatoms. The van der Waals surface area contributed by atoms with Crippen molar-refractivity contribution in [2.75, 3.05) is 10.6 Å². The van der Waals surface area contributed by atoms with Gasteiger partial charge in [-0.25, -0.2) is 16.8 Å². The molecule has 1 N–H and O–H groups in total. The number of anilines is 1. The van der Waals surface area contributed by atoms with Crippen LogP contribution >= 0.6 is 0 Å². The van der Waals surface area contributed by atoms with E-state index in [0.717, 1.165) is 11.1 Å². The van der Waals surface area contributed by atoms with E-state index in [9.17, 15) is 26.9 Å². The van der Waals surface area contributed by atoms with Crippen molar-refractivity contribution < 1.29 is 21.8 Å². The quantitative estimate of drug-likeness (QED) is 0.423. The number of hydrogen-bond acceptors (Lipinski definition) is 6. The average Bonchev–Trinajstić information content (AvgIpc) is 2.66. The summed E-state index contributed by atoms with van der Waals surface area (Å²) in [6.07, 6.45) is 0. The van der Waals surface area contributed by atoms with Crippen LogP contribution in [0.1, 0.15) is 11.1 Å². The summed E-state index contributed by atoms with van der Waals surface area (Å²) in [4.78, 5) is 9.64. The highest BCUT2D eigenvalue weighted by molar-refractivity contribution is 7.92. The van der Waals surface area contributed by atoms with Crippen LogP contribution in [0.2, 0.25) is 0 Å². The van der Waals surface area contributed by atoms with Gasteiger partial charge < -0.3 is 0 Å². The summed E-state index contributed by atoms with van der Waals surface area (Å²) in [7, 11) is -8.06. The first-order valence-electron chi connectivity index (χ1n) is 9.14. The van der Waals surface area contributed by atoms with E-state index in [0.29, 0.717) is 0 Å². The lowest BCUT2D eigenvalue weighted by Gasteiger charge is -2.14. The molecule has 3 aromatic rings. The van der Waals surface area contributed by atoms with Crippen molar-refractivity contribution in [3.63, 3.8) is 0 Å². The van der Waals surface area contributed by atoms with Crippen LogP contribution in [0.4, 0.5) is 5.69 Å². The predicted molar refractivity (Wildman–Crippen MR) is 118 cm³/mol. The maximum atomic E-state index is 12.8. The SMILES string of the molecule is Cc1cc(NS(=O)(=O)c2ccc(-c3ccccc3)cc2)cc(C)c1S(=O)(=O)C[N+](=O)[O-]. The smallest absolute Gasteiger partial charge is 0.280 e. The van der Waals surface area contributed by atoms with E-state index in [2.05, 4.69) is 4.72 Å². The molecule has 0 bridgehead atoms. The molecular formula is C21H20N2O6S2. The zero-order valence-electron chi connectivity index (χ0n) is 16.8. The number of sulfone groups is 1. The molecule has 3 aromatic carbocycles. The number of nitro groups is 1. The van der Waals surface area contributed by atoms with Crippen molar-refractivity contribution in [2.24, 2.45) is 0 Å². The van der Waals surface area contributed by atoms with E-state index in [4.69, 9.17) is 0 Å². The molecule has 0 heterocycles. The fraction of sp³-hybridized carbons (Fsp3) is 0.143. The van der Waals surface area contributed by atoms with Gasteiger partial charge in [-0.1, -0.05) is 42.5 Å². The summed E-state index contributed by atoms with van der Waals surface area (Å²) >= 11 is 0. The molecule has 0 aliphatic heterocycles. The summed E-state index contributed by atoms with van der Waals surface area (Å²) in [5.41, 5.74) is 2.43. The Morgan fingerprint density at radius 3 is 1.87 bits per heavy atom. The summed E-state index contributed by atoms with van der Waals surface area (Å²) in [6.45, 7) is 2.93. The highest BCUT2D eigenvalue weighted by atomic mass is 32.2. The average molecular weight is 461 g/mol. The Kier molecular flexibility index (Phi) is 6.14. The van der Waals surface area contributed by atoms with Crippen LogP contribution in [0.5, 0.6) is 0 Å². The Balaban J connectivity index is 1.89. The minimum atomic E-state index is -4.14. The van der Waals surface area contributed by atoms with Gasteiger partial charge in [0.2, 0.25) is 9.84 Å². The molecule has 0 aliphatic rings. The Hall–Kier alpha value is -3.24. The molecule has 0 saturated carbocycles. The third kappa shape index (κ3) is 5.09. The highest BCUT2D eigenvalue weighted by Gasteiger charge is 2.26. The lowest BCUT2D eigenvalue weighted by atomic mass is 10.1. The van der Waals surface area contributed by atoms with Crippen LogP contribution in [0.3, 0.4) is 0 Å². The number of rotatable bonds is 7. The normalized spacial score (nSPS) is 11.8. The number of benzene rings is 3. The molecule has 8 nitrogen and oxygen atoms in total. The zero-order valence-corrected chi connectivity index (χ0v) is 18.4. The Morgan fingerprint density at radius 1 is 0.839 bits per heavy atom. The Morgan fingerprint density at radius 2 is 1.35 bits per heavy atom. The highest BCUT2D eigenvalue weighted by Crippen LogP contribution is 2.28. The minimum absolute atomic E-state index is 0.0486. The first-order valence-corrected chi connectivity index (χ1v) is 12.3. The van der Waals surface area contributed by atoms with Crippen molar-refractivity contribution in [2.45, 2.75) is 23.6 Å². The van der Waals surface area contributed by atoms with Crippen LogP contribution < -0.4 is 4.72 Å². The van der Waals surface area contributed by atoms with Gasteiger partial charge in [0.25, 0.3) is 10.0 Å². The molecule has 0 aliphatic carbocycles. The third-order valence-electron chi connectivity index (χ3n) is 4.57. The molecule has 0 atom stereocenters. The van der Waals surface area contributed by atoms with Crippen LogP contribution in [0.25, 0.3) is 11.1 Å². The van der Waals surface area contributed by atoms with Gasteiger partial charge in [-0.2, -0.15) is 0 Å². The molecule has 0 fully saturated rings. The van der Waals surface area contributed by atoms with E-state index in [-0.39, 0.29) is 26.6 Å². The molecule has 0 spiro atoms. The first kappa shape index (κ1) is 22.4. The fourth-order valence-electron chi connectivity index (χ4n) is 3.37. The maximum absolute atomic E-state index is 12.8. The molecule has 0 radical (unpaired) electrons. The van der Waals surface area contributed by atoms with Crippen molar-refractivity contribution in [1.82, 2.24) is 0 Å². The second kappa shape index (κ2) is 8.48. The molecule has 0 saturated heterocycles. The van der Waals surface area contributed by atoms with Gasteiger partial charge in [0, 0.05) is 10.6 Å². The zero-order chi connectivity index (χ0) is 22.8. The lowest BCUT2D eigenvalue weighted by Crippen LogP contribution is -2.18. The van der Waals surface area contributed by atoms with Crippen LogP contribution in [0.15, 0.2) is 76.5 Å². The van der Waals surface area contributed by atoms with Gasteiger partial charge >= 0.3 is 5.88 Å². The van der Waals surface area contributed by atoms with Crippen molar-refractivity contribution in [3.8, 4) is 11.1 Å². The second-order valence-corrected chi connectivity index (χ2v) is 10.6. The molecule has 31 heavy (non-hydrogen) atoms. The Bertz CT molecular complexity index is 1310. The van der Waals surface area contributed by atoms with Gasteiger partial charge in [-0.05, 0) is 60.4 Å². The van der Waals surface area contributed by atoms with Crippen LogP contribution in [-0.2, 0) is 19.9 Å². The summed E-state index contributed by atoms with van der Waals surface area (Å²) in [6, 6.07) is 18.6. The van der Waals surface area contributed by atoms with Gasteiger partial charge in [-0.3, -0.25) is 14.8 Å². The summed E-state index contributed by atoms with van der Waals surface area (Å²) in [5.74, 6) is -1.23. The van der Waals surface area contributed by atoms with E-state index >= 15 is 0 Å². The van der Waals surface area contributed by atoms with Crippen molar-refractivity contribution in [3.05, 3.63) is 88.0 Å². The summed E-state index contributed by atoms with van der Waals surface area (Å²) < 4.78 is 52.5. The maximum Gasteiger partial charge on any atom is 0.305 e. The number of aryl methyl sites for hydroxylation is 2. The van der Waals surface area contributed by atoms with Gasteiger partial charge in [0.15, 0.2) is 0 Å². The van der Waals surface area contributed by atoms with Crippen molar-refractivity contribution >= 4 is 25.5 Å². The van der Waals surface area contributed by atoms with Gasteiger partial charge in [0.1, 0.15) is 0 Å². The fourth-order valence-corrected chi connectivity index (χ4v) is 5.92. The molecule has 0 aromatic heterocycles. The Labute approximate surface area is 180 Å². The second-order valence-electron chi connectivity index (χ2n) is 7.01. The number of nitrogens with zero attached hydrogens (tertiary/aromatic N) is 1. The summed E-state index contributed by atoms with van der Waals surface area (Å²) in [5, 5.41) is 10.7. The molecule has 3 rings (SSSR count). The van der Waals surface area contributed by atoms with E-state index in [1.165, 1.54) is 38.1 Å². The topological polar surface area (TPSA) is 123 Å².